The number of thiophene rings is 1. The molecule has 4 rings (SSSR count). The van der Waals surface area contributed by atoms with Gasteiger partial charge < -0.3 is 20.1 Å². The zero-order valence-corrected chi connectivity index (χ0v) is 19.4. The molecule has 0 unspecified atom stereocenters. The summed E-state index contributed by atoms with van der Waals surface area (Å²) in [7, 11) is 1.63. The van der Waals surface area contributed by atoms with Gasteiger partial charge in [-0.25, -0.2) is 0 Å². The SMILES string of the molecule is CCOc1cc([C@@H]2NC(=O)c3c(sc4c3CC[C@@H](C(C)(C)CC)C4)N2)ccc1OC. The standard InChI is InChI=1S/C24H32N2O3S/c1-6-24(3,4)15-9-10-16-19(13-15)30-23-20(16)22(27)25-21(26-23)14-8-11-17(28-5)18(12-14)29-7-2/h8,11-12,15,21,26H,6-7,9-10,13H2,1-5H3,(H,25,27)/t15-,21-/m1/s1. The summed E-state index contributed by atoms with van der Waals surface area (Å²) in [6, 6.07) is 5.80. The number of ether oxygens (including phenoxy) is 2. The second kappa shape index (κ2) is 8.14. The Bertz CT molecular complexity index is 950. The fourth-order valence-electron chi connectivity index (χ4n) is 4.56. The van der Waals surface area contributed by atoms with Gasteiger partial charge in [-0.2, -0.15) is 0 Å². The summed E-state index contributed by atoms with van der Waals surface area (Å²) in [4.78, 5) is 14.5. The van der Waals surface area contributed by atoms with Crippen LogP contribution in [0.1, 0.15) is 73.1 Å². The number of methoxy groups -OCH3 is 1. The number of carbonyl (C=O) groups is 1. The molecule has 0 fully saturated rings. The molecule has 2 N–H and O–H groups in total. The third kappa shape index (κ3) is 3.66. The molecular formula is C24H32N2O3S. The van der Waals surface area contributed by atoms with E-state index >= 15 is 0 Å². The lowest BCUT2D eigenvalue weighted by atomic mass is 9.69. The highest BCUT2D eigenvalue weighted by Gasteiger charge is 2.37. The fraction of sp³-hybridized carbons (Fsp3) is 0.542. The van der Waals surface area contributed by atoms with E-state index in [2.05, 4.69) is 31.4 Å². The highest BCUT2D eigenvalue weighted by molar-refractivity contribution is 7.16. The smallest absolute Gasteiger partial charge is 0.256 e. The van der Waals surface area contributed by atoms with Gasteiger partial charge in [-0.05, 0) is 60.8 Å². The Hall–Kier alpha value is -2.21. The van der Waals surface area contributed by atoms with Gasteiger partial charge in [0.05, 0.1) is 19.3 Å². The number of hydrogen-bond acceptors (Lipinski definition) is 5. The van der Waals surface area contributed by atoms with Gasteiger partial charge in [0.1, 0.15) is 11.2 Å². The molecule has 1 aromatic heterocycles. The van der Waals surface area contributed by atoms with Crippen LogP contribution in [0.15, 0.2) is 18.2 Å². The molecule has 0 saturated carbocycles. The van der Waals surface area contributed by atoms with Gasteiger partial charge in [-0.15, -0.1) is 11.3 Å². The average Bonchev–Trinajstić information content (AvgIpc) is 3.12. The van der Waals surface area contributed by atoms with E-state index in [1.807, 2.05) is 25.1 Å². The maximum absolute atomic E-state index is 13.1. The van der Waals surface area contributed by atoms with Crippen molar-refractivity contribution in [3.63, 3.8) is 0 Å². The second-order valence-corrected chi connectivity index (χ2v) is 9.99. The Morgan fingerprint density at radius 2 is 2.00 bits per heavy atom. The topological polar surface area (TPSA) is 59.6 Å². The molecule has 0 saturated heterocycles. The van der Waals surface area contributed by atoms with E-state index in [0.29, 0.717) is 29.4 Å². The van der Waals surface area contributed by atoms with Crippen molar-refractivity contribution in [3.8, 4) is 11.5 Å². The van der Waals surface area contributed by atoms with Gasteiger partial charge in [0.15, 0.2) is 11.5 Å². The van der Waals surface area contributed by atoms with E-state index in [-0.39, 0.29) is 12.1 Å². The minimum atomic E-state index is -0.280. The molecule has 2 atom stereocenters. The van der Waals surface area contributed by atoms with Crippen LogP contribution in [0.25, 0.3) is 0 Å². The van der Waals surface area contributed by atoms with Crippen molar-refractivity contribution in [3.05, 3.63) is 39.8 Å². The van der Waals surface area contributed by atoms with Crippen molar-refractivity contribution >= 4 is 22.2 Å². The Morgan fingerprint density at radius 1 is 1.20 bits per heavy atom. The zero-order chi connectivity index (χ0) is 21.5. The van der Waals surface area contributed by atoms with Crippen molar-refractivity contribution in [2.24, 2.45) is 11.3 Å². The lowest BCUT2D eigenvalue weighted by molar-refractivity contribution is 0.0934. The Kier molecular flexibility index (Phi) is 5.71. The summed E-state index contributed by atoms with van der Waals surface area (Å²) in [5, 5.41) is 7.71. The minimum Gasteiger partial charge on any atom is -0.493 e. The summed E-state index contributed by atoms with van der Waals surface area (Å²) in [6.45, 7) is 9.52. The highest BCUT2D eigenvalue weighted by Crippen LogP contribution is 2.47. The molecule has 0 bridgehead atoms. The molecule has 0 radical (unpaired) electrons. The van der Waals surface area contributed by atoms with Crippen molar-refractivity contribution < 1.29 is 14.3 Å². The van der Waals surface area contributed by atoms with Gasteiger partial charge in [-0.3, -0.25) is 4.79 Å². The van der Waals surface area contributed by atoms with Crippen LogP contribution in [-0.2, 0) is 12.8 Å². The maximum atomic E-state index is 13.1. The van der Waals surface area contributed by atoms with Gasteiger partial charge in [0, 0.05) is 4.88 Å². The molecular weight excluding hydrogens is 396 g/mol. The lowest BCUT2D eigenvalue weighted by Crippen LogP contribution is -2.38. The zero-order valence-electron chi connectivity index (χ0n) is 18.6. The summed E-state index contributed by atoms with van der Waals surface area (Å²) in [5.41, 5.74) is 3.40. The quantitative estimate of drug-likeness (QED) is 0.633. The Morgan fingerprint density at radius 3 is 2.70 bits per heavy atom. The molecule has 2 heterocycles. The highest BCUT2D eigenvalue weighted by atomic mass is 32.1. The fourth-order valence-corrected chi connectivity index (χ4v) is 5.91. The number of amides is 1. The van der Waals surface area contributed by atoms with E-state index in [9.17, 15) is 4.79 Å². The van der Waals surface area contributed by atoms with E-state index in [1.54, 1.807) is 18.4 Å². The van der Waals surface area contributed by atoms with E-state index in [0.717, 1.165) is 35.4 Å². The number of hydrogen-bond donors (Lipinski definition) is 2. The van der Waals surface area contributed by atoms with Crippen molar-refractivity contribution in [1.29, 1.82) is 0 Å². The molecule has 0 spiro atoms. The molecule has 30 heavy (non-hydrogen) atoms. The van der Waals surface area contributed by atoms with Crippen LogP contribution >= 0.6 is 11.3 Å². The lowest BCUT2D eigenvalue weighted by Gasteiger charge is -2.36. The van der Waals surface area contributed by atoms with Gasteiger partial charge >= 0.3 is 0 Å². The predicted molar refractivity (Wildman–Crippen MR) is 122 cm³/mol. The Labute approximate surface area is 183 Å². The van der Waals surface area contributed by atoms with Gasteiger partial charge in [0.25, 0.3) is 5.91 Å². The molecule has 1 aromatic carbocycles. The Balaban J connectivity index is 1.61. The molecule has 162 valence electrons. The first-order chi connectivity index (χ1) is 14.4. The average molecular weight is 429 g/mol. The normalized spacial score (nSPS) is 20.6. The van der Waals surface area contributed by atoms with E-state index in [1.165, 1.54) is 16.9 Å². The van der Waals surface area contributed by atoms with Crippen LogP contribution in [0.3, 0.4) is 0 Å². The van der Waals surface area contributed by atoms with Crippen molar-refractivity contribution in [2.45, 2.75) is 59.5 Å². The number of fused-ring (bicyclic) bond motifs is 3. The number of rotatable bonds is 6. The van der Waals surface area contributed by atoms with E-state index in [4.69, 9.17) is 9.47 Å². The number of benzene rings is 1. The summed E-state index contributed by atoms with van der Waals surface area (Å²) >= 11 is 1.76. The molecule has 1 aliphatic carbocycles. The minimum absolute atomic E-state index is 0.0215. The van der Waals surface area contributed by atoms with Gasteiger partial charge in [0.2, 0.25) is 0 Å². The van der Waals surface area contributed by atoms with Crippen LogP contribution < -0.4 is 20.1 Å². The van der Waals surface area contributed by atoms with Crippen LogP contribution in [0.5, 0.6) is 11.5 Å². The molecule has 6 heteroatoms. The number of nitrogens with one attached hydrogen (secondary N) is 2. The molecule has 1 amide bonds. The van der Waals surface area contributed by atoms with Crippen molar-refractivity contribution in [1.82, 2.24) is 5.32 Å². The maximum Gasteiger partial charge on any atom is 0.256 e. The monoisotopic (exact) mass is 428 g/mol. The predicted octanol–water partition coefficient (Wildman–Crippen LogP) is 5.55. The first-order valence-corrected chi connectivity index (χ1v) is 11.7. The third-order valence-electron chi connectivity index (χ3n) is 6.88. The van der Waals surface area contributed by atoms with Crippen LogP contribution in [0.4, 0.5) is 5.00 Å². The molecule has 2 aromatic rings. The summed E-state index contributed by atoms with van der Waals surface area (Å²) in [5.74, 6) is 2.08. The third-order valence-corrected chi connectivity index (χ3v) is 8.07. The summed E-state index contributed by atoms with van der Waals surface area (Å²) < 4.78 is 11.1. The first kappa shape index (κ1) is 21.0. The molecule has 2 aliphatic rings. The van der Waals surface area contributed by atoms with E-state index < -0.39 is 0 Å². The first-order valence-electron chi connectivity index (χ1n) is 10.9. The molecule has 5 nitrogen and oxygen atoms in total. The largest absolute Gasteiger partial charge is 0.493 e. The summed E-state index contributed by atoms with van der Waals surface area (Å²) in [6.07, 6.45) is 4.12. The number of anilines is 1. The van der Waals surface area contributed by atoms with Crippen molar-refractivity contribution in [2.75, 3.05) is 19.0 Å². The van der Waals surface area contributed by atoms with Crippen LogP contribution in [0, 0.1) is 11.3 Å². The van der Waals surface area contributed by atoms with Gasteiger partial charge in [-0.1, -0.05) is 33.3 Å². The second-order valence-electron chi connectivity index (χ2n) is 8.88. The number of carbonyl (C=O) groups excluding carboxylic acids is 1. The molecule has 1 aliphatic heterocycles. The van der Waals surface area contributed by atoms with Crippen LogP contribution in [-0.4, -0.2) is 19.6 Å². The van der Waals surface area contributed by atoms with Crippen LogP contribution in [0.2, 0.25) is 0 Å².